The van der Waals surface area contributed by atoms with Gasteiger partial charge in [0.2, 0.25) is 15.9 Å². The van der Waals surface area contributed by atoms with Crippen molar-refractivity contribution in [3.8, 4) is 0 Å². The highest BCUT2D eigenvalue weighted by molar-refractivity contribution is 7.92. The number of anilines is 1. The normalized spacial score (nSPS) is 11.1. The molecule has 0 spiro atoms. The first-order chi connectivity index (χ1) is 11.3. The molecule has 0 bridgehead atoms. The number of benzene rings is 1. The third-order valence-corrected chi connectivity index (χ3v) is 4.66. The molecule has 6 nitrogen and oxygen atoms in total. The summed E-state index contributed by atoms with van der Waals surface area (Å²) >= 11 is 0. The van der Waals surface area contributed by atoms with Crippen LogP contribution < -0.4 is 9.62 Å². The summed E-state index contributed by atoms with van der Waals surface area (Å²) in [6.45, 7) is 3.74. The Hall–Kier alpha value is -2.41. The maximum atomic E-state index is 12.2. The number of sulfonamides is 1. The lowest BCUT2D eigenvalue weighted by Gasteiger charge is -2.24. The summed E-state index contributed by atoms with van der Waals surface area (Å²) in [5, 5.41) is 2.72. The van der Waals surface area contributed by atoms with Gasteiger partial charge in [-0.25, -0.2) is 8.42 Å². The molecular formula is C17H21N3O3S. The zero-order chi connectivity index (χ0) is 17.7. The molecule has 1 aromatic heterocycles. The highest BCUT2D eigenvalue weighted by atomic mass is 32.2. The zero-order valence-corrected chi connectivity index (χ0v) is 14.8. The van der Waals surface area contributed by atoms with E-state index < -0.39 is 10.0 Å². The largest absolute Gasteiger partial charge is 0.350 e. The van der Waals surface area contributed by atoms with Crippen LogP contribution in [0.25, 0.3) is 0 Å². The summed E-state index contributed by atoms with van der Waals surface area (Å²) in [5.41, 5.74) is 3.10. The highest BCUT2D eigenvalue weighted by Gasteiger charge is 2.22. The van der Waals surface area contributed by atoms with Crippen LogP contribution in [-0.4, -0.2) is 32.1 Å². The molecule has 0 aliphatic rings. The van der Waals surface area contributed by atoms with Crippen LogP contribution in [0, 0.1) is 13.8 Å². The molecule has 0 atom stereocenters. The second-order valence-corrected chi connectivity index (χ2v) is 7.60. The van der Waals surface area contributed by atoms with E-state index >= 15 is 0 Å². The molecule has 0 aliphatic carbocycles. The molecule has 0 aliphatic heterocycles. The Morgan fingerprint density at radius 3 is 2.62 bits per heavy atom. The number of pyridine rings is 1. The fourth-order valence-corrected chi connectivity index (χ4v) is 3.16. The average molecular weight is 347 g/mol. The third-order valence-electron chi connectivity index (χ3n) is 3.53. The van der Waals surface area contributed by atoms with Crippen LogP contribution in [0.3, 0.4) is 0 Å². The first-order valence-corrected chi connectivity index (χ1v) is 9.33. The van der Waals surface area contributed by atoms with Crippen molar-refractivity contribution in [3.05, 3.63) is 59.4 Å². The molecule has 24 heavy (non-hydrogen) atoms. The van der Waals surface area contributed by atoms with Gasteiger partial charge in [0.15, 0.2) is 0 Å². The number of nitrogens with zero attached hydrogens (tertiary/aromatic N) is 2. The van der Waals surface area contributed by atoms with E-state index in [-0.39, 0.29) is 12.5 Å². The van der Waals surface area contributed by atoms with Gasteiger partial charge in [-0.15, -0.1) is 0 Å². The number of rotatable bonds is 6. The molecule has 128 valence electrons. The van der Waals surface area contributed by atoms with E-state index in [1.165, 1.54) is 0 Å². The molecule has 1 amide bonds. The van der Waals surface area contributed by atoms with Gasteiger partial charge in [0.1, 0.15) is 6.54 Å². The van der Waals surface area contributed by atoms with E-state index in [2.05, 4.69) is 10.3 Å². The number of aromatic nitrogens is 1. The van der Waals surface area contributed by atoms with Gasteiger partial charge >= 0.3 is 0 Å². The average Bonchev–Trinajstić information content (AvgIpc) is 2.53. The lowest BCUT2D eigenvalue weighted by Crippen LogP contribution is -2.40. The molecule has 0 unspecified atom stereocenters. The predicted molar refractivity (Wildman–Crippen MR) is 94.2 cm³/mol. The number of carbonyl (C=O) groups excluding carboxylic acids is 1. The van der Waals surface area contributed by atoms with Crippen LogP contribution in [0.15, 0.2) is 42.7 Å². The van der Waals surface area contributed by atoms with Gasteiger partial charge in [-0.05, 0) is 42.7 Å². The quantitative estimate of drug-likeness (QED) is 0.864. The van der Waals surface area contributed by atoms with Crippen LogP contribution in [0.1, 0.15) is 16.7 Å². The molecule has 7 heteroatoms. The van der Waals surface area contributed by atoms with Gasteiger partial charge in [0.05, 0.1) is 11.9 Å². The summed E-state index contributed by atoms with van der Waals surface area (Å²) in [4.78, 5) is 16.2. The summed E-state index contributed by atoms with van der Waals surface area (Å²) in [5.74, 6) is -0.370. The van der Waals surface area contributed by atoms with Crippen molar-refractivity contribution in [2.75, 3.05) is 17.1 Å². The first kappa shape index (κ1) is 17.9. The van der Waals surface area contributed by atoms with E-state index in [4.69, 9.17) is 0 Å². The number of hydrogen-bond donors (Lipinski definition) is 1. The second-order valence-electron chi connectivity index (χ2n) is 5.70. The third kappa shape index (κ3) is 4.79. The van der Waals surface area contributed by atoms with Crippen molar-refractivity contribution in [3.63, 3.8) is 0 Å². The molecule has 0 fully saturated rings. The minimum absolute atomic E-state index is 0.261. The van der Waals surface area contributed by atoms with Crippen molar-refractivity contribution < 1.29 is 13.2 Å². The molecule has 2 aromatic rings. The summed E-state index contributed by atoms with van der Waals surface area (Å²) in [6, 6.07) is 9.13. The topological polar surface area (TPSA) is 79.4 Å². The highest BCUT2D eigenvalue weighted by Crippen LogP contribution is 2.23. The van der Waals surface area contributed by atoms with Crippen LogP contribution in [-0.2, 0) is 21.4 Å². The molecule has 1 N–H and O–H groups in total. The van der Waals surface area contributed by atoms with Crippen molar-refractivity contribution in [2.45, 2.75) is 20.4 Å². The Bertz CT molecular complexity index is 820. The van der Waals surface area contributed by atoms with E-state index in [1.54, 1.807) is 24.5 Å². The molecule has 0 saturated carbocycles. The fourth-order valence-electron chi connectivity index (χ4n) is 2.26. The summed E-state index contributed by atoms with van der Waals surface area (Å²) < 4.78 is 25.4. The van der Waals surface area contributed by atoms with Gasteiger partial charge in [-0.2, -0.15) is 0 Å². The zero-order valence-electron chi connectivity index (χ0n) is 14.0. The van der Waals surface area contributed by atoms with Gasteiger partial charge in [-0.3, -0.25) is 14.1 Å². The number of amides is 1. The fraction of sp³-hybridized carbons (Fsp3) is 0.294. The van der Waals surface area contributed by atoms with Gasteiger partial charge in [0, 0.05) is 18.9 Å². The Kier molecular flexibility index (Phi) is 5.56. The lowest BCUT2D eigenvalue weighted by molar-refractivity contribution is -0.119. The molecule has 0 saturated heterocycles. The summed E-state index contributed by atoms with van der Waals surface area (Å²) in [6.07, 6.45) is 4.40. The standard InChI is InChI=1S/C17H21N3O3S/c1-13-6-7-14(2)16(9-13)20(24(3,22)23)12-17(21)19-11-15-5-4-8-18-10-15/h4-10H,11-12H2,1-3H3,(H,19,21). The van der Waals surface area contributed by atoms with Gasteiger partial charge < -0.3 is 5.32 Å². The Balaban J connectivity index is 2.15. The van der Waals surface area contributed by atoms with Crippen LogP contribution in [0.5, 0.6) is 0 Å². The number of aryl methyl sites for hydroxylation is 2. The molecule has 0 radical (unpaired) electrons. The van der Waals surface area contributed by atoms with Gasteiger partial charge in [0.25, 0.3) is 0 Å². The minimum atomic E-state index is -3.58. The maximum absolute atomic E-state index is 12.2. The van der Waals surface area contributed by atoms with Crippen LogP contribution in [0.2, 0.25) is 0 Å². The first-order valence-electron chi connectivity index (χ1n) is 7.48. The number of hydrogen-bond acceptors (Lipinski definition) is 4. The van der Waals surface area contributed by atoms with Crippen LogP contribution >= 0.6 is 0 Å². The SMILES string of the molecule is Cc1ccc(C)c(N(CC(=O)NCc2cccnc2)S(C)(=O)=O)c1. The van der Waals surface area contributed by atoms with E-state index in [0.717, 1.165) is 27.3 Å². The Labute approximate surface area is 142 Å². The maximum Gasteiger partial charge on any atom is 0.241 e. The predicted octanol–water partition coefficient (Wildman–Crippen LogP) is 1.78. The Morgan fingerprint density at radius 2 is 2.00 bits per heavy atom. The molecule has 2 rings (SSSR count). The van der Waals surface area contributed by atoms with Crippen molar-refractivity contribution in [2.24, 2.45) is 0 Å². The van der Waals surface area contributed by atoms with Crippen molar-refractivity contribution in [1.29, 1.82) is 0 Å². The number of carbonyl (C=O) groups is 1. The number of nitrogens with one attached hydrogen (secondary N) is 1. The minimum Gasteiger partial charge on any atom is -0.350 e. The van der Waals surface area contributed by atoms with E-state index in [9.17, 15) is 13.2 Å². The summed E-state index contributed by atoms with van der Waals surface area (Å²) in [7, 11) is -3.58. The van der Waals surface area contributed by atoms with E-state index in [1.807, 2.05) is 32.0 Å². The monoisotopic (exact) mass is 347 g/mol. The molecular weight excluding hydrogens is 326 g/mol. The smallest absolute Gasteiger partial charge is 0.241 e. The molecule has 1 heterocycles. The van der Waals surface area contributed by atoms with Crippen molar-refractivity contribution >= 4 is 21.6 Å². The van der Waals surface area contributed by atoms with Crippen molar-refractivity contribution in [1.82, 2.24) is 10.3 Å². The lowest BCUT2D eigenvalue weighted by atomic mass is 10.1. The Morgan fingerprint density at radius 1 is 1.25 bits per heavy atom. The second kappa shape index (κ2) is 7.44. The van der Waals surface area contributed by atoms with E-state index in [0.29, 0.717) is 12.2 Å². The molecule has 1 aromatic carbocycles. The van der Waals surface area contributed by atoms with Gasteiger partial charge in [-0.1, -0.05) is 18.2 Å². The van der Waals surface area contributed by atoms with Crippen LogP contribution in [0.4, 0.5) is 5.69 Å².